The van der Waals surface area contributed by atoms with Gasteiger partial charge >= 0.3 is 0 Å². The molecule has 0 spiro atoms. The highest BCUT2D eigenvalue weighted by Gasteiger charge is 2.31. The van der Waals surface area contributed by atoms with Crippen molar-refractivity contribution in [2.24, 2.45) is 5.41 Å². The van der Waals surface area contributed by atoms with Crippen LogP contribution in [0, 0.1) is 5.41 Å². The fourth-order valence-corrected chi connectivity index (χ4v) is 2.36. The molecule has 1 aliphatic heterocycles. The van der Waals surface area contributed by atoms with Crippen molar-refractivity contribution in [3.63, 3.8) is 0 Å². The molecule has 0 bridgehead atoms. The van der Waals surface area contributed by atoms with Crippen molar-refractivity contribution >= 4 is 12.6 Å². The summed E-state index contributed by atoms with van der Waals surface area (Å²) >= 11 is 4.46. The van der Waals surface area contributed by atoms with Gasteiger partial charge in [0.1, 0.15) is 0 Å². The third-order valence-corrected chi connectivity index (χ3v) is 3.98. The molecule has 108 valence electrons. The summed E-state index contributed by atoms with van der Waals surface area (Å²) in [6.45, 7) is 5.27. The topological polar surface area (TPSA) is 36.9 Å². The van der Waals surface area contributed by atoms with E-state index in [-0.39, 0.29) is 5.41 Å². The normalized spacial score (nSPS) is 19.0. The average molecular weight is 278 g/mol. The van der Waals surface area contributed by atoms with Crippen molar-refractivity contribution in [1.82, 2.24) is 0 Å². The minimum absolute atomic E-state index is 0.221. The predicted octanol–water partition coefficient (Wildman–Crippen LogP) is 1.78. The summed E-state index contributed by atoms with van der Waals surface area (Å²) in [7, 11) is 1.68. The Kier molecular flexibility index (Phi) is 9.06. The van der Waals surface area contributed by atoms with Crippen molar-refractivity contribution in [1.29, 1.82) is 0 Å². The highest BCUT2D eigenvalue weighted by Crippen LogP contribution is 2.31. The quantitative estimate of drug-likeness (QED) is 0.488. The molecule has 0 aromatic rings. The lowest BCUT2D eigenvalue weighted by molar-refractivity contribution is -0.0314. The monoisotopic (exact) mass is 278 g/mol. The molecule has 0 radical (unpaired) electrons. The maximum Gasteiger partial charge on any atom is 0.0700 e. The first-order valence-electron chi connectivity index (χ1n) is 6.66. The van der Waals surface area contributed by atoms with E-state index in [1.54, 1.807) is 7.11 Å². The first-order chi connectivity index (χ1) is 8.83. The van der Waals surface area contributed by atoms with E-state index in [0.29, 0.717) is 13.2 Å². The van der Waals surface area contributed by atoms with Crippen molar-refractivity contribution in [3.8, 4) is 0 Å². The molecule has 18 heavy (non-hydrogen) atoms. The molecular weight excluding hydrogens is 252 g/mol. The van der Waals surface area contributed by atoms with Crippen molar-refractivity contribution in [3.05, 3.63) is 0 Å². The lowest BCUT2D eigenvalue weighted by Gasteiger charge is -2.35. The van der Waals surface area contributed by atoms with E-state index in [9.17, 15) is 0 Å². The Morgan fingerprint density at radius 1 is 1.06 bits per heavy atom. The van der Waals surface area contributed by atoms with Crippen molar-refractivity contribution < 1.29 is 18.9 Å². The van der Waals surface area contributed by atoms with Gasteiger partial charge in [-0.15, -0.1) is 0 Å². The number of rotatable bonds is 10. The van der Waals surface area contributed by atoms with E-state index in [1.807, 2.05) is 0 Å². The van der Waals surface area contributed by atoms with Crippen LogP contribution in [0.1, 0.15) is 19.3 Å². The Morgan fingerprint density at radius 2 is 1.78 bits per heavy atom. The molecule has 0 N–H and O–H groups in total. The second-order valence-corrected chi connectivity index (χ2v) is 5.10. The summed E-state index contributed by atoms with van der Waals surface area (Å²) < 4.78 is 21.4. The lowest BCUT2D eigenvalue weighted by Crippen LogP contribution is -2.36. The third-order valence-electron chi connectivity index (χ3n) is 3.31. The number of hydrogen-bond donors (Lipinski definition) is 1. The van der Waals surface area contributed by atoms with Gasteiger partial charge in [0.15, 0.2) is 0 Å². The second kappa shape index (κ2) is 10.0. The Hall–Kier alpha value is 0.190. The van der Waals surface area contributed by atoms with Gasteiger partial charge in [0.05, 0.1) is 19.8 Å². The zero-order chi connectivity index (χ0) is 13.1. The van der Waals surface area contributed by atoms with Crippen LogP contribution in [0.15, 0.2) is 0 Å². The molecule has 0 unspecified atom stereocenters. The van der Waals surface area contributed by atoms with E-state index in [4.69, 9.17) is 18.9 Å². The number of ether oxygens (including phenoxy) is 4. The van der Waals surface area contributed by atoms with Crippen LogP contribution in [0.3, 0.4) is 0 Å². The van der Waals surface area contributed by atoms with E-state index < -0.39 is 0 Å². The van der Waals surface area contributed by atoms with Gasteiger partial charge in [-0.25, -0.2) is 0 Å². The van der Waals surface area contributed by atoms with Gasteiger partial charge in [-0.2, -0.15) is 12.6 Å². The number of methoxy groups -OCH3 is 1. The molecule has 0 aliphatic carbocycles. The van der Waals surface area contributed by atoms with Crippen LogP contribution in [-0.2, 0) is 18.9 Å². The van der Waals surface area contributed by atoms with Gasteiger partial charge in [-0.3, -0.25) is 0 Å². The number of hydrogen-bond acceptors (Lipinski definition) is 5. The highest BCUT2D eigenvalue weighted by molar-refractivity contribution is 7.80. The van der Waals surface area contributed by atoms with Crippen LogP contribution in [0.2, 0.25) is 0 Å². The van der Waals surface area contributed by atoms with Gasteiger partial charge in [0, 0.05) is 39.0 Å². The first kappa shape index (κ1) is 16.2. The first-order valence-corrected chi connectivity index (χ1v) is 7.29. The van der Waals surface area contributed by atoms with Crippen LogP contribution in [0.4, 0.5) is 0 Å². The second-order valence-electron chi connectivity index (χ2n) is 4.78. The smallest absolute Gasteiger partial charge is 0.0700 e. The van der Waals surface area contributed by atoms with Crippen molar-refractivity contribution in [2.45, 2.75) is 19.3 Å². The summed E-state index contributed by atoms with van der Waals surface area (Å²) in [4.78, 5) is 0. The molecule has 0 aromatic heterocycles. The summed E-state index contributed by atoms with van der Waals surface area (Å²) in [6, 6.07) is 0. The zero-order valence-corrected chi connectivity index (χ0v) is 12.3. The summed E-state index contributed by atoms with van der Waals surface area (Å²) in [5.74, 6) is 0.876. The van der Waals surface area contributed by atoms with E-state index in [1.165, 1.54) is 0 Å². The summed E-state index contributed by atoms with van der Waals surface area (Å²) in [6.07, 6.45) is 3.05. The van der Waals surface area contributed by atoms with E-state index in [2.05, 4.69) is 12.6 Å². The molecular formula is C13H26O4S. The van der Waals surface area contributed by atoms with E-state index >= 15 is 0 Å². The van der Waals surface area contributed by atoms with Crippen LogP contribution < -0.4 is 0 Å². The van der Waals surface area contributed by atoms with Gasteiger partial charge in [-0.1, -0.05) is 0 Å². The predicted molar refractivity (Wildman–Crippen MR) is 74.5 cm³/mol. The fraction of sp³-hybridized carbons (Fsp3) is 1.00. The molecule has 0 saturated carbocycles. The van der Waals surface area contributed by atoms with Gasteiger partial charge in [-0.05, 0) is 25.0 Å². The number of thiol groups is 1. The molecule has 1 saturated heterocycles. The summed E-state index contributed by atoms with van der Waals surface area (Å²) in [5.41, 5.74) is 0.221. The lowest BCUT2D eigenvalue weighted by atomic mass is 9.83. The Balaban J connectivity index is 1.98. The zero-order valence-electron chi connectivity index (χ0n) is 11.4. The van der Waals surface area contributed by atoms with Crippen LogP contribution in [-0.4, -0.2) is 59.1 Å². The maximum atomic E-state index is 5.76. The average Bonchev–Trinajstić information content (AvgIpc) is 2.43. The third kappa shape index (κ3) is 6.38. The SMILES string of the molecule is COCCOCCCOCC1(CS)CCOCC1. The van der Waals surface area contributed by atoms with Crippen LogP contribution >= 0.6 is 12.6 Å². The van der Waals surface area contributed by atoms with Crippen LogP contribution in [0.25, 0.3) is 0 Å². The molecule has 1 heterocycles. The fourth-order valence-electron chi connectivity index (χ4n) is 1.95. The maximum absolute atomic E-state index is 5.76. The molecule has 0 atom stereocenters. The Labute approximate surface area is 116 Å². The Morgan fingerprint density at radius 3 is 2.44 bits per heavy atom. The molecule has 1 rings (SSSR count). The standard InChI is InChI=1S/C13H26O4S/c1-14-9-10-15-5-2-6-17-11-13(12-18)3-7-16-8-4-13/h18H,2-12H2,1H3. The molecule has 0 amide bonds. The molecule has 1 fully saturated rings. The van der Waals surface area contributed by atoms with Gasteiger partial charge in [0.2, 0.25) is 0 Å². The Bertz CT molecular complexity index is 195. The summed E-state index contributed by atoms with van der Waals surface area (Å²) in [5, 5.41) is 0. The molecule has 4 nitrogen and oxygen atoms in total. The largest absolute Gasteiger partial charge is 0.382 e. The van der Waals surface area contributed by atoms with Gasteiger partial charge in [0.25, 0.3) is 0 Å². The van der Waals surface area contributed by atoms with E-state index in [0.717, 1.165) is 58.0 Å². The van der Waals surface area contributed by atoms with Gasteiger partial charge < -0.3 is 18.9 Å². The minimum atomic E-state index is 0.221. The minimum Gasteiger partial charge on any atom is -0.382 e. The van der Waals surface area contributed by atoms with Crippen LogP contribution in [0.5, 0.6) is 0 Å². The molecule has 0 aromatic carbocycles. The molecule has 1 aliphatic rings. The molecule has 5 heteroatoms. The highest BCUT2D eigenvalue weighted by atomic mass is 32.1. The van der Waals surface area contributed by atoms with Crippen molar-refractivity contribution in [2.75, 3.05) is 59.1 Å².